The summed E-state index contributed by atoms with van der Waals surface area (Å²) in [6.07, 6.45) is 0. The second-order valence-electron chi connectivity index (χ2n) is 3.98. The molecule has 2 aromatic carbocycles. The van der Waals surface area contributed by atoms with Gasteiger partial charge in [0.1, 0.15) is 16.8 Å². The van der Waals surface area contributed by atoms with E-state index in [9.17, 15) is 8.78 Å². The van der Waals surface area contributed by atoms with Crippen LogP contribution in [0.1, 0.15) is 0 Å². The molecule has 0 bridgehead atoms. The van der Waals surface area contributed by atoms with Gasteiger partial charge < -0.3 is 0 Å². The minimum absolute atomic E-state index is 0.119. The molecule has 0 fully saturated rings. The summed E-state index contributed by atoms with van der Waals surface area (Å²) in [5.41, 5.74) is 0.732. The fourth-order valence-electron chi connectivity index (χ4n) is 1.83. The van der Waals surface area contributed by atoms with Crippen LogP contribution in [0.25, 0.3) is 22.3 Å². The first-order chi connectivity index (χ1) is 9.15. The van der Waals surface area contributed by atoms with Crippen molar-refractivity contribution in [2.75, 3.05) is 0 Å². The summed E-state index contributed by atoms with van der Waals surface area (Å²) in [6, 6.07) is 10.4. The van der Waals surface area contributed by atoms with E-state index >= 15 is 0 Å². The summed E-state index contributed by atoms with van der Waals surface area (Å²) in [6.45, 7) is 0. The predicted octanol–water partition coefficient (Wildman–Crippen LogP) is 4.23. The van der Waals surface area contributed by atoms with Gasteiger partial charge >= 0.3 is 0 Å². The molecule has 1 aromatic heterocycles. The summed E-state index contributed by atoms with van der Waals surface area (Å²) in [7, 11) is 0. The number of benzene rings is 2. The average molecular weight is 277 g/mol. The van der Waals surface area contributed by atoms with E-state index in [2.05, 4.69) is 9.97 Å². The second kappa shape index (κ2) is 4.55. The Balaban J connectivity index is 2.25. The van der Waals surface area contributed by atoms with Crippen LogP contribution in [-0.4, -0.2) is 9.97 Å². The molecule has 0 unspecified atom stereocenters. The zero-order valence-corrected chi connectivity index (χ0v) is 10.3. The third-order valence-electron chi connectivity index (χ3n) is 2.73. The van der Waals surface area contributed by atoms with Crippen molar-refractivity contribution in [2.24, 2.45) is 0 Å². The molecule has 0 saturated carbocycles. The molecule has 0 amide bonds. The maximum atomic E-state index is 13.7. The molecular formula is C14H7ClF2N2. The van der Waals surface area contributed by atoms with Gasteiger partial charge in [-0.05, 0) is 24.3 Å². The van der Waals surface area contributed by atoms with Gasteiger partial charge in [-0.3, -0.25) is 0 Å². The largest absolute Gasteiger partial charge is 0.228 e. The molecule has 0 aliphatic heterocycles. The van der Waals surface area contributed by atoms with Crippen LogP contribution in [0.5, 0.6) is 0 Å². The van der Waals surface area contributed by atoms with Gasteiger partial charge in [0, 0.05) is 11.5 Å². The molecule has 3 aromatic rings. The summed E-state index contributed by atoms with van der Waals surface area (Å²) in [5.74, 6) is -1.22. The molecule has 0 atom stereocenters. The first-order valence-electron chi connectivity index (χ1n) is 5.53. The number of fused-ring (bicyclic) bond motifs is 1. The zero-order chi connectivity index (χ0) is 13.4. The first-order valence-corrected chi connectivity index (χ1v) is 5.90. The first kappa shape index (κ1) is 12.0. The standard InChI is InChI=1S/C14H7ClF2N2/c15-13-10-3-1-2-4-12(10)18-14(19-13)9-6-5-8(16)7-11(9)17/h1-7H. The Labute approximate surface area is 112 Å². The minimum Gasteiger partial charge on any atom is -0.228 e. The Morgan fingerprint density at radius 3 is 2.53 bits per heavy atom. The van der Waals surface area contributed by atoms with E-state index in [-0.39, 0.29) is 16.5 Å². The van der Waals surface area contributed by atoms with Gasteiger partial charge in [-0.2, -0.15) is 0 Å². The molecule has 0 saturated heterocycles. The van der Waals surface area contributed by atoms with Gasteiger partial charge in [0.25, 0.3) is 0 Å². The molecule has 0 radical (unpaired) electrons. The Morgan fingerprint density at radius 1 is 0.947 bits per heavy atom. The molecule has 19 heavy (non-hydrogen) atoms. The summed E-state index contributed by atoms with van der Waals surface area (Å²) in [5, 5.41) is 0.930. The van der Waals surface area contributed by atoms with E-state index in [4.69, 9.17) is 11.6 Å². The Hall–Kier alpha value is -2.07. The molecule has 0 spiro atoms. The maximum absolute atomic E-state index is 13.7. The van der Waals surface area contributed by atoms with Crippen molar-refractivity contribution in [3.05, 3.63) is 59.3 Å². The average Bonchev–Trinajstić information content (AvgIpc) is 2.38. The highest BCUT2D eigenvalue weighted by atomic mass is 35.5. The lowest BCUT2D eigenvalue weighted by atomic mass is 10.2. The van der Waals surface area contributed by atoms with E-state index in [0.29, 0.717) is 10.9 Å². The van der Waals surface area contributed by atoms with E-state index in [0.717, 1.165) is 12.1 Å². The predicted molar refractivity (Wildman–Crippen MR) is 69.9 cm³/mol. The van der Waals surface area contributed by atoms with Crippen LogP contribution in [0.4, 0.5) is 8.78 Å². The number of rotatable bonds is 1. The number of halogens is 3. The van der Waals surface area contributed by atoms with Crippen LogP contribution in [0.3, 0.4) is 0 Å². The molecule has 0 aliphatic rings. The maximum Gasteiger partial charge on any atom is 0.164 e. The summed E-state index contributed by atoms with van der Waals surface area (Å²) in [4.78, 5) is 8.29. The van der Waals surface area contributed by atoms with E-state index in [1.54, 1.807) is 18.2 Å². The fourth-order valence-corrected chi connectivity index (χ4v) is 2.07. The number of hydrogen-bond donors (Lipinski definition) is 0. The lowest BCUT2D eigenvalue weighted by molar-refractivity contribution is 0.585. The van der Waals surface area contributed by atoms with Crippen molar-refractivity contribution >= 4 is 22.5 Å². The van der Waals surface area contributed by atoms with Gasteiger partial charge in [0.05, 0.1) is 11.1 Å². The quantitative estimate of drug-likeness (QED) is 0.622. The van der Waals surface area contributed by atoms with Gasteiger partial charge in [0.2, 0.25) is 0 Å². The number of aromatic nitrogens is 2. The molecule has 0 N–H and O–H groups in total. The van der Waals surface area contributed by atoms with Crippen LogP contribution >= 0.6 is 11.6 Å². The topological polar surface area (TPSA) is 25.8 Å². The molecule has 5 heteroatoms. The third-order valence-corrected chi connectivity index (χ3v) is 3.02. The SMILES string of the molecule is Fc1ccc(-c2nc(Cl)c3ccccc3n2)c(F)c1. The molecule has 3 rings (SSSR count). The van der Waals surface area contributed by atoms with Gasteiger partial charge in [-0.25, -0.2) is 18.7 Å². The second-order valence-corrected chi connectivity index (χ2v) is 4.34. The molecular weight excluding hydrogens is 270 g/mol. The molecule has 2 nitrogen and oxygen atoms in total. The van der Waals surface area contributed by atoms with Gasteiger partial charge in [-0.1, -0.05) is 23.7 Å². The van der Waals surface area contributed by atoms with Crippen LogP contribution in [0, 0.1) is 11.6 Å². The smallest absolute Gasteiger partial charge is 0.164 e. The van der Waals surface area contributed by atoms with E-state index in [1.165, 1.54) is 6.07 Å². The lowest BCUT2D eigenvalue weighted by Gasteiger charge is -2.05. The summed E-state index contributed by atoms with van der Waals surface area (Å²) >= 11 is 6.05. The van der Waals surface area contributed by atoms with Crippen molar-refractivity contribution in [3.63, 3.8) is 0 Å². The number of para-hydroxylation sites is 1. The van der Waals surface area contributed by atoms with Crippen molar-refractivity contribution in [3.8, 4) is 11.4 Å². The minimum atomic E-state index is -0.716. The van der Waals surface area contributed by atoms with Gasteiger partial charge in [-0.15, -0.1) is 0 Å². The van der Waals surface area contributed by atoms with Crippen molar-refractivity contribution in [1.29, 1.82) is 0 Å². The van der Waals surface area contributed by atoms with Crippen molar-refractivity contribution in [1.82, 2.24) is 9.97 Å². The van der Waals surface area contributed by atoms with Crippen LogP contribution in [0.15, 0.2) is 42.5 Å². The van der Waals surface area contributed by atoms with Crippen molar-refractivity contribution in [2.45, 2.75) is 0 Å². The highest BCUT2D eigenvalue weighted by Crippen LogP contribution is 2.26. The molecule has 94 valence electrons. The van der Waals surface area contributed by atoms with Crippen LogP contribution in [-0.2, 0) is 0 Å². The van der Waals surface area contributed by atoms with Gasteiger partial charge in [0.15, 0.2) is 5.82 Å². The normalized spacial score (nSPS) is 10.9. The molecule has 0 aliphatic carbocycles. The number of hydrogen-bond acceptors (Lipinski definition) is 2. The van der Waals surface area contributed by atoms with Crippen LogP contribution in [0.2, 0.25) is 5.15 Å². The molecule has 1 heterocycles. The Bertz CT molecular complexity index is 774. The summed E-state index contributed by atoms with van der Waals surface area (Å²) < 4.78 is 26.6. The van der Waals surface area contributed by atoms with E-state index in [1.807, 2.05) is 6.07 Å². The number of nitrogens with zero attached hydrogens (tertiary/aromatic N) is 2. The monoisotopic (exact) mass is 276 g/mol. The fraction of sp³-hybridized carbons (Fsp3) is 0. The van der Waals surface area contributed by atoms with E-state index < -0.39 is 11.6 Å². The highest BCUT2D eigenvalue weighted by molar-refractivity contribution is 6.34. The zero-order valence-electron chi connectivity index (χ0n) is 9.57. The van der Waals surface area contributed by atoms with Crippen LogP contribution < -0.4 is 0 Å². The highest BCUT2D eigenvalue weighted by Gasteiger charge is 2.12. The lowest BCUT2D eigenvalue weighted by Crippen LogP contribution is -1.94. The Kier molecular flexibility index (Phi) is 2.87. The Morgan fingerprint density at radius 2 is 1.74 bits per heavy atom. The van der Waals surface area contributed by atoms with Crippen molar-refractivity contribution < 1.29 is 8.78 Å². The third kappa shape index (κ3) is 2.15.